The second kappa shape index (κ2) is 10.3. The number of piperidine rings is 1. The first-order valence-corrected chi connectivity index (χ1v) is 12.4. The van der Waals surface area contributed by atoms with E-state index < -0.39 is 15.8 Å². The molecule has 9 heteroatoms. The second-order valence-electron chi connectivity index (χ2n) is 8.17. The van der Waals surface area contributed by atoms with E-state index in [4.69, 9.17) is 0 Å². The Bertz CT molecular complexity index is 1260. The smallest absolute Gasteiger partial charge is 0.253 e. The normalized spacial score (nSPS) is 14.7. The van der Waals surface area contributed by atoms with Gasteiger partial charge in [0.15, 0.2) is 0 Å². The molecule has 1 heterocycles. The number of nitrogens with zero attached hydrogens (tertiary/aromatic N) is 1. The summed E-state index contributed by atoms with van der Waals surface area (Å²) >= 11 is 0. The van der Waals surface area contributed by atoms with E-state index in [0.717, 1.165) is 17.8 Å². The van der Waals surface area contributed by atoms with Gasteiger partial charge in [-0.1, -0.05) is 24.3 Å². The summed E-state index contributed by atoms with van der Waals surface area (Å²) in [5.41, 5.74) is 1.93. The van der Waals surface area contributed by atoms with Crippen LogP contribution in [0.2, 0.25) is 0 Å². The zero-order valence-corrected chi connectivity index (χ0v) is 19.2. The number of hydrogen-bond donors (Lipinski definition) is 2. The number of para-hydroxylation sites is 1. The van der Waals surface area contributed by atoms with Crippen LogP contribution in [0, 0.1) is 11.6 Å². The Morgan fingerprint density at radius 2 is 1.62 bits per heavy atom. The number of carbonyl (C=O) groups is 1. The third-order valence-electron chi connectivity index (χ3n) is 5.77. The van der Waals surface area contributed by atoms with E-state index in [-0.39, 0.29) is 29.2 Å². The van der Waals surface area contributed by atoms with Crippen LogP contribution in [0.15, 0.2) is 77.7 Å². The van der Waals surface area contributed by atoms with Crippen molar-refractivity contribution in [3.63, 3.8) is 0 Å². The standard InChI is InChI=1S/C25H25F2N3O3S/c26-19-8-10-22(11-9-19)34(32,33)29-21-12-14-30(15-13-21)24-7-2-1-6-23(24)25(31)28-17-18-4-3-5-20(27)16-18/h1-11,16,21,29H,12-15,17H2,(H,28,31). The molecule has 0 radical (unpaired) electrons. The Balaban J connectivity index is 1.38. The van der Waals surface area contributed by atoms with Gasteiger partial charge < -0.3 is 10.2 Å². The number of carbonyl (C=O) groups excluding carboxylic acids is 1. The molecule has 2 N–H and O–H groups in total. The number of anilines is 1. The fraction of sp³-hybridized carbons (Fsp3) is 0.240. The van der Waals surface area contributed by atoms with Gasteiger partial charge in [0, 0.05) is 31.4 Å². The van der Waals surface area contributed by atoms with E-state index in [0.29, 0.717) is 37.1 Å². The molecule has 3 aromatic carbocycles. The maximum Gasteiger partial charge on any atom is 0.253 e. The van der Waals surface area contributed by atoms with Gasteiger partial charge in [-0.3, -0.25) is 4.79 Å². The van der Waals surface area contributed by atoms with Crippen LogP contribution in [0.25, 0.3) is 0 Å². The number of halogens is 2. The Morgan fingerprint density at radius 3 is 2.32 bits per heavy atom. The van der Waals surface area contributed by atoms with Gasteiger partial charge in [0.05, 0.1) is 10.5 Å². The third kappa shape index (κ3) is 5.78. The average molecular weight is 486 g/mol. The number of benzene rings is 3. The minimum Gasteiger partial charge on any atom is -0.371 e. The van der Waals surface area contributed by atoms with E-state index in [9.17, 15) is 22.0 Å². The molecule has 178 valence electrons. The van der Waals surface area contributed by atoms with Crippen LogP contribution in [0.4, 0.5) is 14.5 Å². The SMILES string of the molecule is O=C(NCc1cccc(F)c1)c1ccccc1N1CCC(NS(=O)(=O)c2ccc(F)cc2)CC1. The molecule has 1 aliphatic heterocycles. The molecule has 34 heavy (non-hydrogen) atoms. The van der Waals surface area contributed by atoms with Gasteiger partial charge in [0.1, 0.15) is 11.6 Å². The quantitative estimate of drug-likeness (QED) is 0.533. The molecule has 0 saturated carbocycles. The first-order chi connectivity index (χ1) is 16.3. The van der Waals surface area contributed by atoms with Crippen molar-refractivity contribution in [1.29, 1.82) is 0 Å². The van der Waals surface area contributed by atoms with Crippen molar-refractivity contribution in [2.24, 2.45) is 0 Å². The second-order valence-corrected chi connectivity index (χ2v) is 9.88. The van der Waals surface area contributed by atoms with Crippen molar-refractivity contribution in [3.8, 4) is 0 Å². The summed E-state index contributed by atoms with van der Waals surface area (Å²) < 4.78 is 54.4. The molecule has 0 aliphatic carbocycles. The Labute approximate surface area is 197 Å². The highest BCUT2D eigenvalue weighted by atomic mass is 32.2. The first-order valence-electron chi connectivity index (χ1n) is 11.0. The summed E-state index contributed by atoms with van der Waals surface area (Å²) in [6, 6.07) is 17.8. The van der Waals surface area contributed by atoms with Crippen molar-refractivity contribution < 1.29 is 22.0 Å². The zero-order valence-electron chi connectivity index (χ0n) is 18.4. The van der Waals surface area contributed by atoms with E-state index in [1.165, 1.54) is 24.3 Å². The summed E-state index contributed by atoms with van der Waals surface area (Å²) in [7, 11) is -3.74. The van der Waals surface area contributed by atoms with Crippen LogP contribution in [-0.2, 0) is 16.6 Å². The lowest BCUT2D eigenvalue weighted by atomic mass is 10.0. The van der Waals surface area contributed by atoms with E-state index >= 15 is 0 Å². The number of nitrogens with one attached hydrogen (secondary N) is 2. The van der Waals surface area contributed by atoms with Gasteiger partial charge in [0.2, 0.25) is 10.0 Å². The molecule has 6 nitrogen and oxygen atoms in total. The third-order valence-corrected chi connectivity index (χ3v) is 7.31. The maximum absolute atomic E-state index is 13.4. The molecule has 0 unspecified atom stereocenters. The van der Waals surface area contributed by atoms with E-state index in [1.807, 2.05) is 12.1 Å². The van der Waals surface area contributed by atoms with Gasteiger partial charge in [-0.05, 0) is 66.9 Å². The first kappa shape index (κ1) is 23.8. The van der Waals surface area contributed by atoms with Gasteiger partial charge in [-0.25, -0.2) is 21.9 Å². The number of sulfonamides is 1. The van der Waals surface area contributed by atoms with Gasteiger partial charge in [0.25, 0.3) is 5.91 Å². The molecule has 1 amide bonds. The Kier molecular flexibility index (Phi) is 7.23. The summed E-state index contributed by atoms with van der Waals surface area (Å²) in [4.78, 5) is 14.9. The molecule has 3 aromatic rings. The molecular formula is C25H25F2N3O3S. The Morgan fingerprint density at radius 1 is 0.912 bits per heavy atom. The van der Waals surface area contributed by atoms with Crippen molar-refractivity contribution in [2.45, 2.75) is 30.3 Å². The largest absolute Gasteiger partial charge is 0.371 e. The zero-order chi connectivity index (χ0) is 24.1. The van der Waals surface area contributed by atoms with Crippen LogP contribution >= 0.6 is 0 Å². The minimum atomic E-state index is -3.74. The van der Waals surface area contributed by atoms with Gasteiger partial charge >= 0.3 is 0 Å². The summed E-state index contributed by atoms with van der Waals surface area (Å²) in [5, 5.41) is 2.83. The lowest BCUT2D eigenvalue weighted by molar-refractivity contribution is 0.0951. The summed E-state index contributed by atoms with van der Waals surface area (Å²) in [6.45, 7) is 1.33. The molecule has 4 rings (SSSR count). The number of hydrogen-bond acceptors (Lipinski definition) is 4. The van der Waals surface area contributed by atoms with E-state index in [2.05, 4.69) is 14.9 Å². The summed E-state index contributed by atoms with van der Waals surface area (Å²) in [5.74, 6) is -1.12. The van der Waals surface area contributed by atoms with Crippen LogP contribution < -0.4 is 14.9 Å². The van der Waals surface area contributed by atoms with Crippen molar-refractivity contribution >= 4 is 21.6 Å². The predicted molar refractivity (Wildman–Crippen MR) is 126 cm³/mol. The van der Waals surface area contributed by atoms with Crippen LogP contribution in [0.5, 0.6) is 0 Å². The molecule has 0 spiro atoms. The molecule has 1 fully saturated rings. The fourth-order valence-electron chi connectivity index (χ4n) is 4.01. The van der Waals surface area contributed by atoms with Gasteiger partial charge in [-0.2, -0.15) is 0 Å². The van der Waals surface area contributed by atoms with Crippen molar-refractivity contribution in [1.82, 2.24) is 10.0 Å². The van der Waals surface area contributed by atoms with Gasteiger partial charge in [-0.15, -0.1) is 0 Å². The molecule has 1 aliphatic rings. The highest BCUT2D eigenvalue weighted by Crippen LogP contribution is 2.25. The fourth-order valence-corrected chi connectivity index (χ4v) is 5.31. The lowest BCUT2D eigenvalue weighted by Gasteiger charge is -2.34. The Hall–Kier alpha value is -3.30. The van der Waals surface area contributed by atoms with Crippen LogP contribution in [0.3, 0.4) is 0 Å². The average Bonchev–Trinajstić information content (AvgIpc) is 2.83. The molecule has 1 saturated heterocycles. The number of rotatable bonds is 7. The molecule has 0 atom stereocenters. The lowest BCUT2D eigenvalue weighted by Crippen LogP contribution is -2.45. The van der Waals surface area contributed by atoms with Crippen LogP contribution in [0.1, 0.15) is 28.8 Å². The topological polar surface area (TPSA) is 78.5 Å². The minimum absolute atomic E-state index is 0.0247. The monoisotopic (exact) mass is 485 g/mol. The van der Waals surface area contributed by atoms with Crippen molar-refractivity contribution in [3.05, 3.63) is 95.6 Å². The summed E-state index contributed by atoms with van der Waals surface area (Å²) in [6.07, 6.45) is 1.11. The number of amides is 1. The molecule has 0 aromatic heterocycles. The van der Waals surface area contributed by atoms with Crippen molar-refractivity contribution in [2.75, 3.05) is 18.0 Å². The molecule has 0 bridgehead atoms. The highest BCUT2D eigenvalue weighted by molar-refractivity contribution is 7.89. The maximum atomic E-state index is 13.4. The van der Waals surface area contributed by atoms with E-state index in [1.54, 1.807) is 24.3 Å². The predicted octanol–water partition coefficient (Wildman–Crippen LogP) is 3.84. The highest BCUT2D eigenvalue weighted by Gasteiger charge is 2.26. The molecular weight excluding hydrogens is 460 g/mol. The van der Waals surface area contributed by atoms with Crippen LogP contribution in [-0.4, -0.2) is 33.5 Å².